The first-order valence-electron chi connectivity index (χ1n) is 11.8. The van der Waals surface area contributed by atoms with Crippen molar-refractivity contribution in [3.8, 4) is 17.2 Å². The summed E-state index contributed by atoms with van der Waals surface area (Å²) in [5, 5.41) is 9.73. The summed E-state index contributed by atoms with van der Waals surface area (Å²) in [7, 11) is 3.26. The zero-order chi connectivity index (χ0) is 25.7. The molecule has 7 nitrogen and oxygen atoms in total. The van der Waals surface area contributed by atoms with E-state index in [-0.39, 0.29) is 6.04 Å². The summed E-state index contributed by atoms with van der Waals surface area (Å²) in [6, 6.07) is 19.8. The molecule has 6 rings (SSSR count). The maximum absolute atomic E-state index is 6.72. The number of nitrogens with zero attached hydrogens (tertiary/aromatic N) is 3. The lowest BCUT2D eigenvalue weighted by Gasteiger charge is -2.39. The van der Waals surface area contributed by atoms with Crippen molar-refractivity contribution < 1.29 is 14.2 Å². The number of nitrogens with one attached hydrogen (secondary N) is 1. The van der Waals surface area contributed by atoms with Crippen molar-refractivity contribution in [1.29, 1.82) is 0 Å². The van der Waals surface area contributed by atoms with Gasteiger partial charge in [0, 0.05) is 21.7 Å². The third kappa shape index (κ3) is 4.01. The van der Waals surface area contributed by atoms with Crippen LogP contribution in [0.5, 0.6) is 17.2 Å². The number of halogens is 1. The predicted octanol–water partition coefficient (Wildman–Crippen LogP) is 6.54. The first-order valence-corrected chi connectivity index (χ1v) is 13.4. The van der Waals surface area contributed by atoms with E-state index in [2.05, 4.69) is 36.5 Å². The van der Waals surface area contributed by atoms with Gasteiger partial charge in [0.25, 0.3) is 0 Å². The van der Waals surface area contributed by atoms with E-state index in [1.165, 1.54) is 17.3 Å². The topological polar surface area (TPSA) is 70.4 Å². The summed E-state index contributed by atoms with van der Waals surface area (Å²) in [5.41, 5.74) is 6.01. The number of aromatic nitrogens is 3. The molecule has 0 unspecified atom stereocenters. The van der Waals surface area contributed by atoms with E-state index in [0.717, 1.165) is 33.7 Å². The number of benzene rings is 3. The molecule has 0 amide bonds. The normalized spacial score (nSPS) is 17.8. The minimum atomic E-state index is -0.433. The van der Waals surface area contributed by atoms with E-state index in [1.807, 2.05) is 47.3 Å². The molecule has 1 aromatic heterocycles. The van der Waals surface area contributed by atoms with Crippen LogP contribution in [0.1, 0.15) is 34.4 Å². The molecule has 0 radical (unpaired) electrons. The number of fused-ring (bicyclic) bond motifs is 3. The molecule has 3 heterocycles. The molecule has 2 atom stereocenters. The largest absolute Gasteiger partial charge is 0.493 e. The molecule has 9 heteroatoms. The number of hydrogen-bond acceptors (Lipinski definition) is 7. The Morgan fingerprint density at radius 2 is 1.73 bits per heavy atom. The van der Waals surface area contributed by atoms with Crippen molar-refractivity contribution in [3.05, 3.63) is 93.5 Å². The Morgan fingerprint density at radius 1 is 0.973 bits per heavy atom. The highest BCUT2D eigenvalue weighted by Gasteiger charge is 2.41. The molecule has 0 saturated carbocycles. The van der Waals surface area contributed by atoms with E-state index >= 15 is 0 Å². The van der Waals surface area contributed by atoms with E-state index in [0.29, 0.717) is 27.6 Å². The third-order valence-electron chi connectivity index (χ3n) is 6.70. The minimum absolute atomic E-state index is 0.259. The van der Waals surface area contributed by atoms with Crippen LogP contribution in [-0.4, -0.2) is 35.2 Å². The Morgan fingerprint density at radius 3 is 2.46 bits per heavy atom. The molecule has 0 fully saturated rings. The number of thioether (sulfide) groups is 1. The van der Waals surface area contributed by atoms with Crippen LogP contribution in [0.15, 0.2) is 71.4 Å². The second kappa shape index (κ2) is 9.36. The number of hydrogen-bond donors (Lipinski definition) is 1. The molecule has 3 aromatic carbocycles. The fourth-order valence-electron chi connectivity index (χ4n) is 4.93. The lowest BCUT2D eigenvalue weighted by molar-refractivity contribution is 0.222. The van der Waals surface area contributed by atoms with Crippen LogP contribution in [-0.2, 0) is 0 Å². The van der Waals surface area contributed by atoms with Crippen molar-refractivity contribution >= 4 is 35.0 Å². The Hall–Kier alpha value is -3.62. The van der Waals surface area contributed by atoms with Crippen molar-refractivity contribution in [3.63, 3.8) is 0 Å². The van der Waals surface area contributed by atoms with E-state index in [1.54, 1.807) is 14.2 Å². The highest BCUT2D eigenvalue weighted by molar-refractivity contribution is 7.98. The summed E-state index contributed by atoms with van der Waals surface area (Å²) in [5.74, 6) is 2.70. The van der Waals surface area contributed by atoms with Crippen LogP contribution in [0.25, 0.3) is 5.70 Å². The smallest absolute Gasteiger partial charge is 0.227 e. The predicted molar refractivity (Wildman–Crippen MR) is 146 cm³/mol. The van der Waals surface area contributed by atoms with Crippen molar-refractivity contribution in [2.24, 2.45) is 0 Å². The first-order chi connectivity index (χ1) is 18.0. The molecule has 37 heavy (non-hydrogen) atoms. The Labute approximate surface area is 224 Å². The summed E-state index contributed by atoms with van der Waals surface area (Å²) >= 11 is 7.96. The number of aryl methyl sites for hydroxylation is 1. The second-order valence-electron chi connectivity index (χ2n) is 8.89. The summed E-state index contributed by atoms with van der Waals surface area (Å²) in [6.45, 7) is 2.08. The molecule has 188 valence electrons. The highest BCUT2D eigenvalue weighted by atomic mass is 35.5. The van der Waals surface area contributed by atoms with Gasteiger partial charge in [-0.15, -0.1) is 5.10 Å². The molecule has 0 bridgehead atoms. The van der Waals surface area contributed by atoms with Gasteiger partial charge in [-0.1, -0.05) is 59.3 Å². The van der Waals surface area contributed by atoms with Gasteiger partial charge in [0.2, 0.25) is 11.1 Å². The molecule has 2 aliphatic heterocycles. The number of ether oxygens (including phenoxy) is 3. The van der Waals surface area contributed by atoms with E-state index < -0.39 is 6.10 Å². The lowest BCUT2D eigenvalue weighted by atomic mass is 9.84. The highest BCUT2D eigenvalue weighted by Crippen LogP contribution is 2.52. The summed E-state index contributed by atoms with van der Waals surface area (Å²) < 4.78 is 19.8. The number of methoxy groups -OCH3 is 2. The Balaban J connectivity index is 1.62. The van der Waals surface area contributed by atoms with Gasteiger partial charge in [-0.3, -0.25) is 0 Å². The van der Waals surface area contributed by atoms with Gasteiger partial charge in [0.15, 0.2) is 11.5 Å². The van der Waals surface area contributed by atoms with Crippen molar-refractivity contribution in [1.82, 2.24) is 14.8 Å². The monoisotopic (exact) mass is 532 g/mol. The maximum atomic E-state index is 6.72. The van der Waals surface area contributed by atoms with Crippen LogP contribution in [0, 0.1) is 6.92 Å². The number of anilines is 1. The van der Waals surface area contributed by atoms with Gasteiger partial charge < -0.3 is 19.5 Å². The van der Waals surface area contributed by atoms with Gasteiger partial charge in [-0.05, 0) is 49.1 Å². The Bertz CT molecular complexity index is 1530. The zero-order valence-corrected chi connectivity index (χ0v) is 22.4. The molecular weight excluding hydrogens is 508 g/mol. The molecule has 4 aromatic rings. The van der Waals surface area contributed by atoms with Crippen molar-refractivity contribution in [2.45, 2.75) is 24.2 Å². The Kier molecular flexibility index (Phi) is 6.01. The fourth-order valence-corrected chi connectivity index (χ4v) is 5.45. The SMILES string of the molecule is COc1ccc([C@@H]2Oc3ccc(Cl)cc3C3=C2[C@@H](c2ccc(C)cc2)n2nc(SC)nc2N3)cc1OC. The molecule has 0 spiro atoms. The van der Waals surface area contributed by atoms with Gasteiger partial charge in [-0.2, -0.15) is 4.98 Å². The standard InChI is InChI=1S/C28H25ClN4O3S/c1-15-5-7-16(8-6-15)25-23-24(30-27-31-28(37-4)32-33(25)27)19-14-18(29)10-12-20(19)36-26(23)17-9-11-21(34-2)22(13-17)35-3/h5-14,25-26H,1-4H3,(H,30,31,32)/t25-,26+/m1/s1. The first kappa shape index (κ1) is 23.8. The van der Waals surface area contributed by atoms with Crippen LogP contribution in [0.2, 0.25) is 5.02 Å². The molecule has 0 saturated heterocycles. The zero-order valence-electron chi connectivity index (χ0n) is 20.8. The van der Waals surface area contributed by atoms with Crippen LogP contribution < -0.4 is 19.5 Å². The van der Waals surface area contributed by atoms with Gasteiger partial charge in [0.05, 0.1) is 19.9 Å². The summed E-state index contributed by atoms with van der Waals surface area (Å²) in [4.78, 5) is 4.76. The lowest BCUT2D eigenvalue weighted by Crippen LogP contribution is -2.32. The molecular formula is C28H25ClN4O3S. The minimum Gasteiger partial charge on any atom is -0.493 e. The van der Waals surface area contributed by atoms with Gasteiger partial charge >= 0.3 is 0 Å². The quantitative estimate of drug-likeness (QED) is 0.293. The fraction of sp³-hybridized carbons (Fsp3) is 0.214. The third-order valence-corrected chi connectivity index (χ3v) is 7.47. The van der Waals surface area contributed by atoms with Crippen LogP contribution in [0.4, 0.5) is 5.95 Å². The summed E-state index contributed by atoms with van der Waals surface area (Å²) in [6.07, 6.45) is 1.54. The average Bonchev–Trinajstić information content (AvgIpc) is 3.35. The van der Waals surface area contributed by atoms with Gasteiger partial charge in [-0.25, -0.2) is 4.68 Å². The molecule has 1 N–H and O–H groups in total. The van der Waals surface area contributed by atoms with Crippen LogP contribution >= 0.6 is 23.4 Å². The maximum Gasteiger partial charge on any atom is 0.227 e. The van der Waals surface area contributed by atoms with E-state index in [4.69, 9.17) is 35.9 Å². The number of rotatable bonds is 5. The van der Waals surface area contributed by atoms with Crippen LogP contribution in [0.3, 0.4) is 0 Å². The van der Waals surface area contributed by atoms with E-state index in [9.17, 15) is 0 Å². The van der Waals surface area contributed by atoms with Crippen molar-refractivity contribution in [2.75, 3.05) is 25.8 Å². The molecule has 0 aliphatic carbocycles. The van der Waals surface area contributed by atoms with Gasteiger partial charge in [0.1, 0.15) is 17.9 Å². The molecule has 2 aliphatic rings. The second-order valence-corrected chi connectivity index (χ2v) is 10.1. The average molecular weight is 533 g/mol.